The van der Waals surface area contributed by atoms with Crippen LogP contribution in [0.1, 0.15) is 18.4 Å². The molecule has 26 heavy (non-hydrogen) atoms. The first-order valence-electron chi connectivity index (χ1n) is 9.02. The average Bonchev–Trinajstić information content (AvgIpc) is 2.68. The van der Waals surface area contributed by atoms with Gasteiger partial charge in [-0.2, -0.15) is 0 Å². The molecule has 0 fully saturated rings. The minimum Gasteiger partial charge on any atom is -0.497 e. The lowest BCUT2D eigenvalue weighted by Gasteiger charge is -2.12. The van der Waals surface area contributed by atoms with Gasteiger partial charge in [0.1, 0.15) is 5.75 Å². The van der Waals surface area contributed by atoms with E-state index in [4.69, 9.17) is 18.9 Å². The molecule has 0 saturated heterocycles. The van der Waals surface area contributed by atoms with E-state index in [1.807, 2.05) is 24.3 Å². The molecular formula is C19H33N3O4. The molecule has 0 aliphatic carbocycles. The lowest BCUT2D eigenvalue weighted by atomic mass is 10.2. The molecule has 1 aromatic carbocycles. The maximum atomic E-state index is 5.69. The number of nitrogens with one attached hydrogen (secondary N) is 2. The van der Waals surface area contributed by atoms with Crippen LogP contribution in [-0.4, -0.2) is 66.7 Å². The number of aliphatic imine (C=N–C) groups is 1. The van der Waals surface area contributed by atoms with Gasteiger partial charge in [0.15, 0.2) is 5.96 Å². The summed E-state index contributed by atoms with van der Waals surface area (Å²) in [7, 11) is 5.10. The Morgan fingerprint density at radius 1 is 0.885 bits per heavy atom. The second-order valence-electron chi connectivity index (χ2n) is 5.64. The molecule has 1 rings (SSSR count). The van der Waals surface area contributed by atoms with Crippen LogP contribution in [0.15, 0.2) is 29.3 Å². The number of hydrogen-bond donors (Lipinski definition) is 2. The third-order valence-electron chi connectivity index (χ3n) is 3.60. The first-order valence-corrected chi connectivity index (χ1v) is 9.02. The fourth-order valence-electron chi connectivity index (χ4n) is 2.14. The summed E-state index contributed by atoms with van der Waals surface area (Å²) in [5.41, 5.74) is 1.14. The largest absolute Gasteiger partial charge is 0.497 e. The van der Waals surface area contributed by atoms with Gasteiger partial charge >= 0.3 is 0 Å². The van der Waals surface area contributed by atoms with E-state index >= 15 is 0 Å². The third-order valence-corrected chi connectivity index (χ3v) is 3.60. The molecule has 0 amide bonds. The maximum Gasteiger partial charge on any atom is 0.190 e. The van der Waals surface area contributed by atoms with Crippen LogP contribution in [0.25, 0.3) is 0 Å². The van der Waals surface area contributed by atoms with E-state index in [2.05, 4.69) is 15.6 Å². The van der Waals surface area contributed by atoms with Gasteiger partial charge in [-0.3, -0.25) is 4.99 Å². The van der Waals surface area contributed by atoms with Gasteiger partial charge in [-0.25, -0.2) is 0 Å². The molecule has 2 N–H and O–H groups in total. The number of rotatable bonds is 14. The van der Waals surface area contributed by atoms with Gasteiger partial charge in [0.25, 0.3) is 0 Å². The molecule has 0 saturated carbocycles. The monoisotopic (exact) mass is 367 g/mol. The fraction of sp³-hybridized carbons (Fsp3) is 0.632. The molecule has 0 aliphatic rings. The maximum absolute atomic E-state index is 5.69. The van der Waals surface area contributed by atoms with Crippen molar-refractivity contribution in [1.82, 2.24) is 10.6 Å². The Kier molecular flexibility index (Phi) is 13.2. The molecule has 0 aliphatic heterocycles. The summed E-state index contributed by atoms with van der Waals surface area (Å²) in [6.45, 7) is 4.93. The number of benzene rings is 1. The van der Waals surface area contributed by atoms with Gasteiger partial charge in [-0.15, -0.1) is 0 Å². The number of methoxy groups -OCH3 is 2. The molecule has 0 atom stereocenters. The zero-order chi connectivity index (χ0) is 18.9. The van der Waals surface area contributed by atoms with E-state index in [9.17, 15) is 0 Å². The lowest BCUT2D eigenvalue weighted by molar-refractivity contribution is 0.0698. The van der Waals surface area contributed by atoms with Gasteiger partial charge < -0.3 is 29.6 Å². The first-order chi connectivity index (χ1) is 12.8. The van der Waals surface area contributed by atoms with Gasteiger partial charge in [0, 0.05) is 40.5 Å². The molecule has 0 aromatic heterocycles. The molecule has 0 spiro atoms. The zero-order valence-electron chi connectivity index (χ0n) is 16.3. The van der Waals surface area contributed by atoms with Gasteiger partial charge in [-0.1, -0.05) is 12.1 Å². The zero-order valence-corrected chi connectivity index (χ0v) is 16.3. The van der Waals surface area contributed by atoms with Crippen molar-refractivity contribution in [2.75, 3.05) is 60.8 Å². The highest BCUT2D eigenvalue weighted by atomic mass is 16.5. The Labute approximate surface area is 157 Å². The molecule has 0 unspecified atom stereocenters. The van der Waals surface area contributed by atoms with Gasteiger partial charge in [0.05, 0.1) is 26.9 Å². The average molecular weight is 367 g/mol. The second-order valence-corrected chi connectivity index (χ2v) is 5.64. The van der Waals surface area contributed by atoms with E-state index in [1.165, 1.54) is 0 Å². The summed E-state index contributed by atoms with van der Waals surface area (Å²) in [6, 6.07) is 7.92. The van der Waals surface area contributed by atoms with Crippen LogP contribution in [0.5, 0.6) is 5.75 Å². The quantitative estimate of drug-likeness (QED) is 0.297. The third kappa shape index (κ3) is 10.9. The molecule has 0 bridgehead atoms. The van der Waals surface area contributed by atoms with Crippen LogP contribution < -0.4 is 15.4 Å². The fourth-order valence-corrected chi connectivity index (χ4v) is 2.14. The summed E-state index contributed by atoms with van der Waals surface area (Å²) < 4.78 is 21.2. The summed E-state index contributed by atoms with van der Waals surface area (Å²) in [5.74, 6) is 1.66. The molecule has 0 radical (unpaired) electrons. The van der Waals surface area contributed by atoms with Crippen molar-refractivity contribution in [2.45, 2.75) is 19.4 Å². The van der Waals surface area contributed by atoms with Crippen molar-refractivity contribution in [3.05, 3.63) is 29.8 Å². The molecule has 0 heterocycles. The minimum atomic E-state index is 0.611. The molecule has 1 aromatic rings. The van der Waals surface area contributed by atoms with Crippen LogP contribution in [0, 0.1) is 0 Å². The molecule has 7 heteroatoms. The summed E-state index contributed by atoms with van der Waals surface area (Å²) in [4.78, 5) is 4.20. The van der Waals surface area contributed by atoms with Crippen molar-refractivity contribution in [2.24, 2.45) is 4.99 Å². The first kappa shape index (κ1) is 22.2. The number of ether oxygens (including phenoxy) is 4. The second kappa shape index (κ2) is 15.4. The Bertz CT molecular complexity index is 480. The summed E-state index contributed by atoms with van der Waals surface area (Å²) in [6.07, 6.45) is 1.84. The Hall–Kier alpha value is -1.83. The number of hydrogen-bond acceptors (Lipinski definition) is 5. The van der Waals surface area contributed by atoms with Crippen LogP contribution in [0.4, 0.5) is 0 Å². The summed E-state index contributed by atoms with van der Waals surface area (Å²) in [5, 5.41) is 6.54. The topological polar surface area (TPSA) is 73.3 Å². The van der Waals surface area contributed by atoms with E-state index in [0.717, 1.165) is 43.2 Å². The highest BCUT2D eigenvalue weighted by Gasteiger charge is 1.98. The summed E-state index contributed by atoms with van der Waals surface area (Å²) >= 11 is 0. The Morgan fingerprint density at radius 3 is 2.12 bits per heavy atom. The van der Waals surface area contributed by atoms with Crippen LogP contribution in [0.2, 0.25) is 0 Å². The number of guanidine groups is 1. The smallest absolute Gasteiger partial charge is 0.190 e. The Morgan fingerprint density at radius 2 is 1.54 bits per heavy atom. The standard InChI is InChI=1S/C19H33N3O4/c1-20-19(21-10-4-12-25-15-14-23-2)22-11-5-13-26-16-17-6-8-18(24-3)9-7-17/h6-9H,4-5,10-16H2,1-3H3,(H2,20,21,22). The lowest BCUT2D eigenvalue weighted by Crippen LogP contribution is -2.38. The van der Waals surface area contributed by atoms with Gasteiger partial charge in [0.2, 0.25) is 0 Å². The van der Waals surface area contributed by atoms with Crippen LogP contribution >= 0.6 is 0 Å². The van der Waals surface area contributed by atoms with Crippen LogP contribution in [0.3, 0.4) is 0 Å². The van der Waals surface area contributed by atoms with Gasteiger partial charge in [-0.05, 0) is 30.5 Å². The predicted molar refractivity (Wildman–Crippen MR) is 104 cm³/mol. The Balaban J connectivity index is 1.99. The van der Waals surface area contributed by atoms with Crippen molar-refractivity contribution in [1.29, 1.82) is 0 Å². The van der Waals surface area contributed by atoms with E-state index in [0.29, 0.717) is 33.0 Å². The van der Waals surface area contributed by atoms with Crippen molar-refractivity contribution < 1.29 is 18.9 Å². The molecule has 148 valence electrons. The normalized spacial score (nSPS) is 11.4. The minimum absolute atomic E-state index is 0.611. The molecule has 7 nitrogen and oxygen atoms in total. The van der Waals surface area contributed by atoms with Crippen molar-refractivity contribution >= 4 is 5.96 Å². The highest BCUT2D eigenvalue weighted by Crippen LogP contribution is 2.11. The van der Waals surface area contributed by atoms with Crippen LogP contribution in [-0.2, 0) is 20.8 Å². The molecular weight excluding hydrogens is 334 g/mol. The predicted octanol–water partition coefficient (Wildman–Crippen LogP) is 1.82. The van der Waals surface area contributed by atoms with E-state index in [1.54, 1.807) is 21.3 Å². The van der Waals surface area contributed by atoms with E-state index in [-0.39, 0.29) is 0 Å². The van der Waals surface area contributed by atoms with Crippen molar-refractivity contribution in [3.8, 4) is 5.75 Å². The highest BCUT2D eigenvalue weighted by molar-refractivity contribution is 5.79. The number of nitrogens with zero attached hydrogens (tertiary/aromatic N) is 1. The van der Waals surface area contributed by atoms with Crippen molar-refractivity contribution in [3.63, 3.8) is 0 Å². The van der Waals surface area contributed by atoms with E-state index < -0.39 is 0 Å². The SMILES string of the molecule is CN=C(NCCCOCCOC)NCCCOCc1ccc(OC)cc1.